The van der Waals surface area contributed by atoms with E-state index in [0.717, 1.165) is 12.1 Å². The maximum absolute atomic E-state index is 12.0. The van der Waals surface area contributed by atoms with Gasteiger partial charge in [-0.3, -0.25) is 9.36 Å². The molecule has 0 atom stereocenters. The maximum Gasteiger partial charge on any atom is 0.419 e. The highest BCUT2D eigenvalue weighted by atomic mass is 16.4. The number of fused-ring (bicyclic) bond motifs is 1. The summed E-state index contributed by atoms with van der Waals surface area (Å²) in [6, 6.07) is 7.24. The molecule has 1 heterocycles. The largest absolute Gasteiger partial charge is 0.419 e. The molecule has 0 fully saturated rings. The van der Waals surface area contributed by atoms with Crippen LogP contribution in [0.25, 0.3) is 11.1 Å². The fourth-order valence-corrected chi connectivity index (χ4v) is 2.27. The first-order valence-electron chi connectivity index (χ1n) is 6.81. The van der Waals surface area contributed by atoms with Crippen LogP contribution in [0.1, 0.15) is 20.3 Å². The van der Waals surface area contributed by atoms with Gasteiger partial charge in [0.05, 0.1) is 5.52 Å². The van der Waals surface area contributed by atoms with Crippen LogP contribution in [-0.2, 0) is 11.3 Å². The van der Waals surface area contributed by atoms with Crippen molar-refractivity contribution in [3.05, 3.63) is 34.8 Å². The number of aromatic nitrogens is 1. The van der Waals surface area contributed by atoms with Crippen molar-refractivity contribution in [2.45, 2.75) is 26.8 Å². The van der Waals surface area contributed by atoms with E-state index >= 15 is 0 Å². The van der Waals surface area contributed by atoms with Crippen LogP contribution in [0.2, 0.25) is 0 Å². The number of amides is 1. The molecule has 5 nitrogen and oxygen atoms in total. The molecule has 1 amide bonds. The number of carbonyl (C=O) groups is 1. The zero-order chi connectivity index (χ0) is 14.7. The predicted octanol–water partition coefficient (Wildman–Crippen LogP) is 2.10. The van der Waals surface area contributed by atoms with E-state index in [-0.39, 0.29) is 5.91 Å². The lowest BCUT2D eigenvalue weighted by atomic mass is 10.2. The van der Waals surface area contributed by atoms with Crippen molar-refractivity contribution < 1.29 is 9.21 Å². The van der Waals surface area contributed by atoms with Crippen LogP contribution in [0.3, 0.4) is 0 Å². The zero-order valence-electron chi connectivity index (χ0n) is 12.1. The first-order valence-corrected chi connectivity index (χ1v) is 6.81. The average molecular weight is 276 g/mol. The van der Waals surface area contributed by atoms with Gasteiger partial charge in [-0.25, -0.2) is 4.79 Å². The lowest BCUT2D eigenvalue weighted by molar-refractivity contribution is -0.130. The quantitative estimate of drug-likeness (QED) is 0.840. The molecule has 0 saturated heterocycles. The third kappa shape index (κ3) is 3.10. The number of hydrogen-bond donors (Lipinski definition) is 0. The second-order valence-corrected chi connectivity index (χ2v) is 5.41. The summed E-state index contributed by atoms with van der Waals surface area (Å²) in [5, 5.41) is 0. The second-order valence-electron chi connectivity index (χ2n) is 5.41. The van der Waals surface area contributed by atoms with Gasteiger partial charge in [0.25, 0.3) is 0 Å². The third-order valence-corrected chi connectivity index (χ3v) is 3.19. The molecule has 0 aliphatic heterocycles. The summed E-state index contributed by atoms with van der Waals surface area (Å²) >= 11 is 0. The normalized spacial score (nSPS) is 11.2. The summed E-state index contributed by atoms with van der Waals surface area (Å²) in [5.74, 6) is 0.0582. The molecular formula is C15H20N2O3. The van der Waals surface area contributed by atoms with Crippen molar-refractivity contribution in [1.82, 2.24) is 9.47 Å². The minimum absolute atomic E-state index is 0.0379. The second kappa shape index (κ2) is 5.94. The zero-order valence-corrected chi connectivity index (χ0v) is 12.1. The molecule has 0 radical (unpaired) electrons. The molecule has 108 valence electrons. The molecule has 1 aromatic heterocycles. The van der Waals surface area contributed by atoms with E-state index in [0.29, 0.717) is 24.5 Å². The molecule has 0 unspecified atom stereocenters. The Morgan fingerprint density at radius 3 is 2.75 bits per heavy atom. The summed E-state index contributed by atoms with van der Waals surface area (Å²) in [5.41, 5.74) is 1.29. The topological polar surface area (TPSA) is 55.5 Å². The number of oxazole rings is 1. The van der Waals surface area contributed by atoms with Gasteiger partial charge in [0.1, 0.15) is 0 Å². The number of aryl methyl sites for hydroxylation is 1. The van der Waals surface area contributed by atoms with Crippen LogP contribution < -0.4 is 5.76 Å². The smallest absolute Gasteiger partial charge is 0.408 e. The Labute approximate surface area is 117 Å². The van der Waals surface area contributed by atoms with E-state index in [2.05, 4.69) is 13.8 Å². The van der Waals surface area contributed by atoms with Crippen LogP contribution in [0.5, 0.6) is 0 Å². The molecule has 0 N–H and O–H groups in total. The Kier molecular flexibility index (Phi) is 4.27. The van der Waals surface area contributed by atoms with E-state index in [1.54, 1.807) is 18.0 Å². The number of rotatable bonds is 5. The number of para-hydroxylation sites is 2. The van der Waals surface area contributed by atoms with Gasteiger partial charge < -0.3 is 9.32 Å². The predicted molar refractivity (Wildman–Crippen MR) is 77.6 cm³/mol. The van der Waals surface area contributed by atoms with Crippen molar-refractivity contribution in [3.63, 3.8) is 0 Å². The number of hydrogen-bond acceptors (Lipinski definition) is 3. The van der Waals surface area contributed by atoms with Gasteiger partial charge in [0.15, 0.2) is 5.58 Å². The maximum atomic E-state index is 12.0. The van der Waals surface area contributed by atoms with E-state index in [9.17, 15) is 9.59 Å². The Morgan fingerprint density at radius 1 is 1.35 bits per heavy atom. The van der Waals surface area contributed by atoms with Crippen molar-refractivity contribution >= 4 is 17.0 Å². The molecule has 0 bridgehead atoms. The summed E-state index contributed by atoms with van der Waals surface area (Å²) in [6.45, 7) is 5.20. The fraction of sp³-hybridized carbons (Fsp3) is 0.467. The minimum atomic E-state index is -0.412. The van der Waals surface area contributed by atoms with Gasteiger partial charge in [-0.1, -0.05) is 26.0 Å². The summed E-state index contributed by atoms with van der Waals surface area (Å²) in [6.07, 6.45) is 0.298. The molecule has 0 aliphatic rings. The molecule has 2 rings (SSSR count). The van der Waals surface area contributed by atoms with Gasteiger partial charge >= 0.3 is 5.76 Å². The number of carbonyl (C=O) groups excluding carboxylic acids is 1. The highest BCUT2D eigenvalue weighted by molar-refractivity contribution is 5.76. The SMILES string of the molecule is CC(C)CN(C)C(=O)CCn1c(=O)oc2ccccc21. The van der Waals surface area contributed by atoms with E-state index in [1.165, 1.54) is 4.57 Å². The molecular weight excluding hydrogens is 256 g/mol. The number of benzene rings is 1. The van der Waals surface area contributed by atoms with Crippen LogP contribution in [-0.4, -0.2) is 29.0 Å². The van der Waals surface area contributed by atoms with Crippen molar-refractivity contribution in [2.24, 2.45) is 5.92 Å². The minimum Gasteiger partial charge on any atom is -0.408 e. The molecule has 0 aliphatic carbocycles. The number of nitrogens with zero attached hydrogens (tertiary/aromatic N) is 2. The first-order chi connectivity index (χ1) is 9.49. The van der Waals surface area contributed by atoms with Crippen molar-refractivity contribution in [3.8, 4) is 0 Å². The first kappa shape index (κ1) is 14.4. The van der Waals surface area contributed by atoms with Crippen molar-refractivity contribution in [1.29, 1.82) is 0 Å². The summed E-state index contributed by atoms with van der Waals surface area (Å²) in [7, 11) is 1.79. The van der Waals surface area contributed by atoms with E-state index in [4.69, 9.17) is 4.42 Å². The molecule has 0 saturated carbocycles. The van der Waals surface area contributed by atoms with Gasteiger partial charge in [0.2, 0.25) is 5.91 Å². The van der Waals surface area contributed by atoms with Crippen LogP contribution in [0, 0.1) is 5.92 Å². The molecule has 2 aromatic rings. The van der Waals surface area contributed by atoms with Crippen LogP contribution in [0.4, 0.5) is 0 Å². The fourth-order valence-electron chi connectivity index (χ4n) is 2.27. The Balaban J connectivity index is 2.08. The van der Waals surface area contributed by atoms with Gasteiger partial charge in [-0.05, 0) is 18.1 Å². The van der Waals surface area contributed by atoms with E-state index < -0.39 is 5.76 Å². The Morgan fingerprint density at radius 2 is 2.05 bits per heavy atom. The van der Waals surface area contributed by atoms with Gasteiger partial charge in [-0.2, -0.15) is 0 Å². The molecule has 1 aromatic carbocycles. The van der Waals surface area contributed by atoms with Crippen LogP contribution in [0.15, 0.2) is 33.5 Å². The van der Waals surface area contributed by atoms with E-state index in [1.807, 2.05) is 18.2 Å². The summed E-state index contributed by atoms with van der Waals surface area (Å²) in [4.78, 5) is 25.5. The lowest BCUT2D eigenvalue weighted by Gasteiger charge is -2.19. The highest BCUT2D eigenvalue weighted by Crippen LogP contribution is 2.12. The monoisotopic (exact) mass is 276 g/mol. The molecule has 5 heteroatoms. The van der Waals surface area contributed by atoms with Gasteiger partial charge in [-0.15, -0.1) is 0 Å². The van der Waals surface area contributed by atoms with Crippen molar-refractivity contribution in [2.75, 3.05) is 13.6 Å². The standard InChI is InChI=1S/C15H20N2O3/c1-11(2)10-16(3)14(18)8-9-17-12-6-4-5-7-13(12)20-15(17)19/h4-7,11H,8-10H2,1-3H3. The molecule has 20 heavy (non-hydrogen) atoms. The van der Waals surface area contributed by atoms with Crippen LogP contribution >= 0.6 is 0 Å². The Hall–Kier alpha value is -2.04. The average Bonchev–Trinajstić information content (AvgIpc) is 2.70. The highest BCUT2D eigenvalue weighted by Gasteiger charge is 2.13. The molecule has 0 spiro atoms. The summed E-state index contributed by atoms with van der Waals surface area (Å²) < 4.78 is 6.65. The van der Waals surface area contributed by atoms with Gasteiger partial charge in [0, 0.05) is 26.6 Å². The Bertz CT molecular complexity index is 654. The lowest BCUT2D eigenvalue weighted by Crippen LogP contribution is -2.31. The third-order valence-electron chi connectivity index (χ3n) is 3.19.